The highest BCUT2D eigenvalue weighted by atomic mass is 16.5. The highest BCUT2D eigenvalue weighted by Gasteiger charge is 2.58. The summed E-state index contributed by atoms with van der Waals surface area (Å²) >= 11 is 0. The average Bonchev–Trinajstić information content (AvgIpc) is 2.48. The summed E-state index contributed by atoms with van der Waals surface area (Å²) in [6, 6.07) is 0. The SMILES string of the molecule is CCOC(=O)c1cnn(C23CC(C2)C3)c1. The van der Waals surface area contributed by atoms with E-state index in [-0.39, 0.29) is 11.5 Å². The van der Waals surface area contributed by atoms with E-state index in [0.717, 1.165) is 5.92 Å². The molecule has 0 unspecified atom stereocenters. The van der Waals surface area contributed by atoms with Gasteiger partial charge in [-0.25, -0.2) is 4.79 Å². The standard InChI is InChI=1S/C11H14N2O2/c1-2-15-10(14)9-6-12-13(7-9)11-3-8(4-11)5-11/h6-8H,2-5H2,1H3. The Morgan fingerprint density at radius 3 is 2.93 bits per heavy atom. The van der Waals surface area contributed by atoms with Crippen molar-refractivity contribution >= 4 is 5.97 Å². The van der Waals surface area contributed by atoms with Crippen molar-refractivity contribution in [3.05, 3.63) is 18.0 Å². The first-order valence-corrected chi connectivity index (χ1v) is 5.46. The largest absolute Gasteiger partial charge is 0.462 e. The van der Waals surface area contributed by atoms with Crippen molar-refractivity contribution in [3.63, 3.8) is 0 Å². The lowest BCUT2D eigenvalue weighted by atomic mass is 9.50. The Morgan fingerprint density at radius 1 is 1.67 bits per heavy atom. The summed E-state index contributed by atoms with van der Waals surface area (Å²) < 4.78 is 6.88. The highest BCUT2D eigenvalue weighted by molar-refractivity contribution is 5.88. The molecule has 80 valence electrons. The van der Waals surface area contributed by atoms with E-state index in [4.69, 9.17) is 4.74 Å². The number of carbonyl (C=O) groups is 1. The van der Waals surface area contributed by atoms with Crippen LogP contribution in [0, 0.1) is 5.92 Å². The molecule has 4 heteroatoms. The third kappa shape index (κ3) is 1.14. The Morgan fingerprint density at radius 2 is 2.40 bits per heavy atom. The van der Waals surface area contributed by atoms with Gasteiger partial charge in [0.25, 0.3) is 0 Å². The van der Waals surface area contributed by atoms with E-state index < -0.39 is 0 Å². The maximum absolute atomic E-state index is 11.4. The van der Waals surface area contributed by atoms with Crippen molar-refractivity contribution in [1.29, 1.82) is 0 Å². The lowest BCUT2D eigenvalue weighted by Gasteiger charge is -2.61. The molecule has 0 spiro atoms. The molecule has 1 heterocycles. The molecule has 15 heavy (non-hydrogen) atoms. The first kappa shape index (κ1) is 8.95. The van der Waals surface area contributed by atoms with Crippen LogP contribution in [-0.4, -0.2) is 22.4 Å². The first-order chi connectivity index (χ1) is 7.23. The molecule has 3 aliphatic carbocycles. The van der Waals surface area contributed by atoms with Crippen LogP contribution < -0.4 is 0 Å². The molecule has 1 aromatic heterocycles. The van der Waals surface area contributed by atoms with Crippen molar-refractivity contribution in [2.45, 2.75) is 31.7 Å². The summed E-state index contributed by atoms with van der Waals surface area (Å²) in [6.07, 6.45) is 7.14. The second-order valence-electron chi connectivity index (χ2n) is 4.60. The minimum atomic E-state index is -0.268. The summed E-state index contributed by atoms with van der Waals surface area (Å²) in [4.78, 5) is 11.4. The van der Waals surface area contributed by atoms with Gasteiger partial charge in [-0.3, -0.25) is 4.68 Å². The van der Waals surface area contributed by atoms with E-state index in [0.29, 0.717) is 12.2 Å². The molecular formula is C11H14N2O2. The monoisotopic (exact) mass is 206 g/mol. The number of ether oxygens (including phenoxy) is 1. The van der Waals surface area contributed by atoms with Crippen molar-refractivity contribution in [3.8, 4) is 0 Å². The fourth-order valence-electron chi connectivity index (χ4n) is 2.62. The van der Waals surface area contributed by atoms with Gasteiger partial charge < -0.3 is 4.74 Å². The zero-order valence-corrected chi connectivity index (χ0v) is 8.77. The number of aromatic nitrogens is 2. The smallest absolute Gasteiger partial charge is 0.341 e. The molecule has 4 nitrogen and oxygen atoms in total. The predicted octanol–water partition coefficient (Wildman–Crippen LogP) is 1.57. The molecule has 0 amide bonds. The van der Waals surface area contributed by atoms with Gasteiger partial charge in [0.15, 0.2) is 0 Å². The molecule has 0 aromatic carbocycles. The lowest BCUT2D eigenvalue weighted by molar-refractivity contribution is -0.0978. The van der Waals surface area contributed by atoms with Gasteiger partial charge in [0, 0.05) is 6.20 Å². The van der Waals surface area contributed by atoms with Gasteiger partial charge in [-0.15, -0.1) is 0 Å². The number of hydrogen-bond acceptors (Lipinski definition) is 3. The van der Waals surface area contributed by atoms with Crippen LogP contribution in [-0.2, 0) is 10.3 Å². The maximum atomic E-state index is 11.4. The quantitative estimate of drug-likeness (QED) is 0.705. The molecule has 0 N–H and O–H groups in total. The van der Waals surface area contributed by atoms with Gasteiger partial charge >= 0.3 is 5.97 Å². The van der Waals surface area contributed by atoms with Crippen molar-refractivity contribution < 1.29 is 9.53 Å². The van der Waals surface area contributed by atoms with Crippen LogP contribution >= 0.6 is 0 Å². The van der Waals surface area contributed by atoms with Crippen LogP contribution in [0.1, 0.15) is 36.5 Å². The molecule has 4 rings (SSSR count). The normalized spacial score (nSPS) is 31.7. The Kier molecular flexibility index (Phi) is 1.69. The number of nitrogens with zero attached hydrogens (tertiary/aromatic N) is 2. The van der Waals surface area contributed by atoms with E-state index in [1.54, 1.807) is 6.20 Å². The Labute approximate surface area is 88.2 Å². The fraction of sp³-hybridized carbons (Fsp3) is 0.636. The topological polar surface area (TPSA) is 44.1 Å². The summed E-state index contributed by atoms with van der Waals surface area (Å²) in [5.74, 6) is 0.649. The molecule has 0 saturated heterocycles. The lowest BCUT2D eigenvalue weighted by Crippen LogP contribution is -2.59. The summed E-state index contributed by atoms with van der Waals surface area (Å²) in [7, 11) is 0. The Bertz CT molecular complexity index is 393. The molecule has 0 radical (unpaired) electrons. The van der Waals surface area contributed by atoms with E-state index in [1.165, 1.54) is 19.3 Å². The van der Waals surface area contributed by atoms with Gasteiger partial charge in [0.05, 0.1) is 23.9 Å². The van der Waals surface area contributed by atoms with Crippen LogP contribution in [0.5, 0.6) is 0 Å². The second-order valence-corrected chi connectivity index (χ2v) is 4.60. The van der Waals surface area contributed by atoms with Gasteiger partial charge in [-0.05, 0) is 32.1 Å². The predicted molar refractivity (Wildman–Crippen MR) is 53.5 cm³/mol. The molecule has 2 bridgehead atoms. The van der Waals surface area contributed by atoms with E-state index in [1.807, 2.05) is 17.8 Å². The molecule has 1 aromatic rings. The van der Waals surface area contributed by atoms with Crippen molar-refractivity contribution in [2.75, 3.05) is 6.61 Å². The van der Waals surface area contributed by atoms with Crippen LogP contribution in [0.3, 0.4) is 0 Å². The average molecular weight is 206 g/mol. The third-order valence-corrected chi connectivity index (χ3v) is 3.59. The molecule has 3 aliphatic rings. The number of esters is 1. The summed E-state index contributed by atoms with van der Waals surface area (Å²) in [5, 5.41) is 4.27. The van der Waals surface area contributed by atoms with Crippen LogP contribution in [0.4, 0.5) is 0 Å². The zero-order chi connectivity index (χ0) is 10.5. The molecule has 0 atom stereocenters. The third-order valence-electron chi connectivity index (χ3n) is 3.59. The summed E-state index contributed by atoms with van der Waals surface area (Å²) in [5.41, 5.74) is 0.830. The van der Waals surface area contributed by atoms with Crippen LogP contribution in [0.15, 0.2) is 12.4 Å². The Balaban J connectivity index is 1.78. The molecular weight excluding hydrogens is 192 g/mol. The minimum absolute atomic E-state index is 0.259. The van der Waals surface area contributed by atoms with Gasteiger partial charge in [0.1, 0.15) is 0 Å². The second kappa shape index (κ2) is 2.84. The molecule has 0 aliphatic heterocycles. The van der Waals surface area contributed by atoms with Gasteiger partial charge in [-0.1, -0.05) is 0 Å². The molecule has 3 fully saturated rings. The maximum Gasteiger partial charge on any atom is 0.341 e. The highest BCUT2D eigenvalue weighted by Crippen LogP contribution is 2.61. The number of hydrogen-bond donors (Lipinski definition) is 0. The number of carbonyl (C=O) groups excluding carboxylic acids is 1. The number of rotatable bonds is 3. The van der Waals surface area contributed by atoms with Crippen molar-refractivity contribution in [1.82, 2.24) is 9.78 Å². The van der Waals surface area contributed by atoms with E-state index >= 15 is 0 Å². The van der Waals surface area contributed by atoms with Crippen LogP contribution in [0.2, 0.25) is 0 Å². The van der Waals surface area contributed by atoms with E-state index in [2.05, 4.69) is 5.10 Å². The zero-order valence-electron chi connectivity index (χ0n) is 8.77. The fourth-order valence-corrected chi connectivity index (χ4v) is 2.62. The van der Waals surface area contributed by atoms with Gasteiger partial charge in [0.2, 0.25) is 0 Å². The van der Waals surface area contributed by atoms with Crippen LogP contribution in [0.25, 0.3) is 0 Å². The minimum Gasteiger partial charge on any atom is -0.462 e. The van der Waals surface area contributed by atoms with E-state index in [9.17, 15) is 4.79 Å². The first-order valence-electron chi connectivity index (χ1n) is 5.46. The molecule has 3 saturated carbocycles. The van der Waals surface area contributed by atoms with Crippen molar-refractivity contribution in [2.24, 2.45) is 5.92 Å². The summed E-state index contributed by atoms with van der Waals surface area (Å²) in [6.45, 7) is 2.22. The Hall–Kier alpha value is -1.32. The van der Waals surface area contributed by atoms with Gasteiger partial charge in [-0.2, -0.15) is 5.10 Å².